The molecule has 2 amide bonds. The van der Waals surface area contributed by atoms with Crippen LogP contribution in [-0.2, 0) is 9.53 Å². The second-order valence-electron chi connectivity index (χ2n) is 8.17. The van der Waals surface area contributed by atoms with Crippen molar-refractivity contribution in [2.24, 2.45) is 0 Å². The molecule has 1 aliphatic heterocycles. The smallest absolute Gasteiger partial charge is 0.290 e. The number of benzene rings is 2. The van der Waals surface area contributed by atoms with Gasteiger partial charge in [0, 0.05) is 29.8 Å². The molecular weight excluding hydrogens is 392 g/mol. The molecule has 3 aromatic rings. The number of amides is 2. The van der Waals surface area contributed by atoms with Crippen molar-refractivity contribution in [3.8, 4) is 0 Å². The predicted octanol–water partition coefficient (Wildman–Crippen LogP) is 4.62. The summed E-state index contributed by atoms with van der Waals surface area (Å²) in [7, 11) is 0. The first kappa shape index (κ1) is 21.1. The van der Waals surface area contributed by atoms with Crippen molar-refractivity contribution in [1.82, 2.24) is 4.90 Å². The van der Waals surface area contributed by atoms with Crippen LogP contribution in [0.25, 0.3) is 11.0 Å². The first-order valence-electron chi connectivity index (χ1n) is 10.7. The van der Waals surface area contributed by atoms with Crippen LogP contribution in [0.2, 0.25) is 0 Å². The summed E-state index contributed by atoms with van der Waals surface area (Å²) in [5.41, 5.74) is 4.33. The molecule has 1 fully saturated rings. The van der Waals surface area contributed by atoms with Gasteiger partial charge in [0.2, 0.25) is 5.91 Å². The number of anilines is 1. The summed E-state index contributed by atoms with van der Waals surface area (Å²) in [5.74, 6) is -0.257. The monoisotopic (exact) mass is 420 g/mol. The fourth-order valence-electron chi connectivity index (χ4n) is 4.02. The van der Waals surface area contributed by atoms with Gasteiger partial charge in [-0.3, -0.25) is 9.59 Å². The van der Waals surface area contributed by atoms with Gasteiger partial charge in [0.15, 0.2) is 5.76 Å². The van der Waals surface area contributed by atoms with Crippen LogP contribution >= 0.6 is 0 Å². The van der Waals surface area contributed by atoms with Crippen LogP contribution < -0.4 is 5.32 Å². The first-order valence-corrected chi connectivity index (χ1v) is 10.7. The summed E-state index contributed by atoms with van der Waals surface area (Å²) in [4.78, 5) is 27.8. The summed E-state index contributed by atoms with van der Waals surface area (Å²) in [6, 6.07) is 13.4. The Kier molecular flexibility index (Phi) is 6.09. The maximum atomic E-state index is 13.4. The molecule has 6 nitrogen and oxygen atoms in total. The van der Waals surface area contributed by atoms with E-state index in [1.165, 1.54) is 0 Å². The molecule has 1 N–H and O–H groups in total. The molecule has 4 rings (SSSR count). The Morgan fingerprint density at radius 1 is 1.06 bits per heavy atom. The number of nitrogens with one attached hydrogen (secondary N) is 1. The highest BCUT2D eigenvalue weighted by Gasteiger charge is 2.29. The zero-order valence-corrected chi connectivity index (χ0v) is 18.2. The van der Waals surface area contributed by atoms with Gasteiger partial charge >= 0.3 is 0 Å². The number of hydrogen-bond donors (Lipinski definition) is 1. The maximum Gasteiger partial charge on any atom is 0.290 e. The van der Waals surface area contributed by atoms with Crippen LogP contribution in [0.15, 0.2) is 46.9 Å². The van der Waals surface area contributed by atoms with Gasteiger partial charge in [-0.15, -0.1) is 0 Å². The Labute approximate surface area is 182 Å². The SMILES string of the molecule is Cc1cccc(NC(=O)CN(C[C@H]2CCCO2)C(=O)c2oc3ccccc3c2C)c1C. The molecule has 0 bridgehead atoms. The third-order valence-electron chi connectivity index (χ3n) is 5.99. The van der Waals surface area contributed by atoms with Gasteiger partial charge in [0.25, 0.3) is 5.91 Å². The number of nitrogens with zero attached hydrogens (tertiary/aromatic N) is 1. The fourth-order valence-corrected chi connectivity index (χ4v) is 4.02. The molecule has 0 radical (unpaired) electrons. The van der Waals surface area contributed by atoms with E-state index < -0.39 is 0 Å². The topological polar surface area (TPSA) is 71.8 Å². The molecule has 0 spiro atoms. The lowest BCUT2D eigenvalue weighted by Crippen LogP contribution is -2.42. The van der Waals surface area contributed by atoms with E-state index >= 15 is 0 Å². The quantitative estimate of drug-likeness (QED) is 0.632. The number of fused-ring (bicyclic) bond motifs is 1. The molecule has 162 valence electrons. The van der Waals surface area contributed by atoms with Crippen molar-refractivity contribution in [3.63, 3.8) is 0 Å². The van der Waals surface area contributed by atoms with Crippen molar-refractivity contribution >= 4 is 28.5 Å². The van der Waals surface area contributed by atoms with Gasteiger partial charge in [-0.1, -0.05) is 30.3 Å². The minimum Gasteiger partial charge on any atom is -0.451 e. The third-order valence-corrected chi connectivity index (χ3v) is 5.99. The van der Waals surface area contributed by atoms with Crippen molar-refractivity contribution in [1.29, 1.82) is 0 Å². The molecule has 31 heavy (non-hydrogen) atoms. The first-order chi connectivity index (χ1) is 14.9. The van der Waals surface area contributed by atoms with Gasteiger partial charge < -0.3 is 19.4 Å². The zero-order valence-electron chi connectivity index (χ0n) is 18.2. The Bertz CT molecular complexity index is 1110. The number of carbonyl (C=O) groups is 2. The average molecular weight is 421 g/mol. The minimum atomic E-state index is -0.291. The van der Waals surface area contributed by atoms with E-state index in [1.807, 2.05) is 63.2 Å². The highest BCUT2D eigenvalue weighted by atomic mass is 16.5. The molecular formula is C25H28N2O4. The van der Waals surface area contributed by atoms with Crippen molar-refractivity contribution < 1.29 is 18.7 Å². The summed E-state index contributed by atoms with van der Waals surface area (Å²) in [6.07, 6.45) is 1.77. The standard InChI is InChI=1S/C25H28N2O4/c1-16-8-6-11-21(17(16)2)26-23(28)15-27(14-19-9-7-13-30-19)25(29)24-18(3)20-10-4-5-12-22(20)31-24/h4-6,8,10-12,19H,7,9,13-15H2,1-3H3,(H,26,28)/t19-/m1/s1. The lowest BCUT2D eigenvalue weighted by molar-refractivity contribution is -0.117. The number of furan rings is 1. The Morgan fingerprint density at radius 3 is 2.61 bits per heavy atom. The van der Waals surface area contributed by atoms with Gasteiger partial charge in [0.1, 0.15) is 12.1 Å². The highest BCUT2D eigenvalue weighted by molar-refractivity contribution is 6.02. The molecule has 0 unspecified atom stereocenters. The largest absolute Gasteiger partial charge is 0.451 e. The van der Waals surface area contributed by atoms with Crippen LogP contribution in [-0.4, -0.2) is 42.5 Å². The number of rotatable bonds is 6. The van der Waals surface area contributed by atoms with E-state index in [-0.39, 0.29) is 30.2 Å². The predicted molar refractivity (Wildman–Crippen MR) is 120 cm³/mol. The van der Waals surface area contributed by atoms with Crippen molar-refractivity contribution in [2.45, 2.75) is 39.7 Å². The van der Waals surface area contributed by atoms with Crippen LogP contribution in [0.5, 0.6) is 0 Å². The second kappa shape index (κ2) is 8.94. The van der Waals surface area contributed by atoms with Gasteiger partial charge in [-0.05, 0) is 56.9 Å². The molecule has 1 aliphatic rings. The van der Waals surface area contributed by atoms with Crippen LogP contribution in [0, 0.1) is 20.8 Å². The van der Waals surface area contributed by atoms with E-state index in [9.17, 15) is 9.59 Å². The zero-order chi connectivity index (χ0) is 22.0. The molecule has 1 atom stereocenters. The summed E-state index contributed by atoms with van der Waals surface area (Å²) >= 11 is 0. The number of hydrogen-bond acceptors (Lipinski definition) is 4. The minimum absolute atomic E-state index is 0.0669. The number of ether oxygens (including phenoxy) is 1. The lowest BCUT2D eigenvalue weighted by Gasteiger charge is -2.24. The van der Waals surface area contributed by atoms with E-state index in [0.29, 0.717) is 18.7 Å². The molecule has 2 heterocycles. The summed E-state index contributed by atoms with van der Waals surface area (Å²) in [5, 5.41) is 3.86. The number of carbonyl (C=O) groups excluding carboxylic acids is 2. The molecule has 0 saturated carbocycles. The lowest BCUT2D eigenvalue weighted by atomic mass is 10.1. The Balaban J connectivity index is 1.57. The number of para-hydroxylation sites is 1. The molecule has 6 heteroatoms. The van der Waals surface area contributed by atoms with Gasteiger partial charge in [-0.2, -0.15) is 0 Å². The average Bonchev–Trinajstić information content (AvgIpc) is 3.38. The van der Waals surface area contributed by atoms with E-state index in [1.54, 1.807) is 4.90 Å². The van der Waals surface area contributed by atoms with E-state index in [2.05, 4.69) is 5.32 Å². The third kappa shape index (κ3) is 4.49. The van der Waals surface area contributed by atoms with Gasteiger partial charge in [-0.25, -0.2) is 0 Å². The van der Waals surface area contributed by atoms with E-state index in [0.717, 1.165) is 40.6 Å². The van der Waals surface area contributed by atoms with Gasteiger partial charge in [0.05, 0.1) is 6.10 Å². The molecule has 0 aliphatic carbocycles. The second-order valence-corrected chi connectivity index (χ2v) is 8.17. The summed E-state index contributed by atoms with van der Waals surface area (Å²) < 4.78 is 11.6. The van der Waals surface area contributed by atoms with Crippen molar-refractivity contribution in [2.75, 3.05) is 25.0 Å². The van der Waals surface area contributed by atoms with Crippen LogP contribution in [0.3, 0.4) is 0 Å². The summed E-state index contributed by atoms with van der Waals surface area (Å²) in [6.45, 7) is 6.82. The molecule has 2 aromatic carbocycles. The Morgan fingerprint density at radius 2 is 1.87 bits per heavy atom. The van der Waals surface area contributed by atoms with Crippen LogP contribution in [0.1, 0.15) is 40.1 Å². The number of aryl methyl sites for hydroxylation is 2. The van der Waals surface area contributed by atoms with Crippen molar-refractivity contribution in [3.05, 3.63) is 64.9 Å². The van der Waals surface area contributed by atoms with E-state index in [4.69, 9.17) is 9.15 Å². The Hall–Kier alpha value is -3.12. The maximum absolute atomic E-state index is 13.4. The molecule has 1 aromatic heterocycles. The normalized spacial score (nSPS) is 15.9. The molecule has 1 saturated heterocycles. The highest BCUT2D eigenvalue weighted by Crippen LogP contribution is 2.27. The van der Waals surface area contributed by atoms with Crippen LogP contribution in [0.4, 0.5) is 5.69 Å². The fraction of sp³-hybridized carbons (Fsp3) is 0.360.